The number of piperidine rings is 1. The second kappa shape index (κ2) is 6.61. The first-order chi connectivity index (χ1) is 9.88. The van der Waals surface area contributed by atoms with E-state index in [0.29, 0.717) is 12.1 Å². The minimum Gasteiger partial charge on any atom is -0.343 e. The molecule has 1 atom stereocenters. The predicted octanol–water partition coefficient (Wildman–Crippen LogP) is 3.27. The van der Waals surface area contributed by atoms with Crippen LogP contribution < -0.4 is 5.32 Å². The van der Waals surface area contributed by atoms with Crippen molar-refractivity contribution in [3.8, 4) is 0 Å². The number of hydrogen-bond donors (Lipinski definition) is 1. The summed E-state index contributed by atoms with van der Waals surface area (Å²) in [6, 6.07) is 5.40. The molecule has 1 N–H and O–H groups in total. The lowest BCUT2D eigenvalue weighted by molar-refractivity contribution is -0.129. The maximum atomic E-state index is 11.4. The Morgan fingerprint density at radius 3 is 2.19 bits per heavy atom. The van der Waals surface area contributed by atoms with Crippen molar-refractivity contribution < 1.29 is 4.79 Å². The summed E-state index contributed by atoms with van der Waals surface area (Å²) < 4.78 is 0. The fourth-order valence-corrected chi connectivity index (χ4v) is 3.67. The SMILES string of the molecule is CC(=O)N1CCC(NC(C)c2c(C)cc(C)cc2C)CC1. The van der Waals surface area contributed by atoms with Gasteiger partial charge < -0.3 is 10.2 Å². The lowest BCUT2D eigenvalue weighted by atomic mass is 9.93. The molecule has 2 rings (SSSR count). The van der Waals surface area contributed by atoms with Crippen molar-refractivity contribution in [1.82, 2.24) is 10.2 Å². The Balaban J connectivity index is 2.00. The van der Waals surface area contributed by atoms with Gasteiger partial charge in [0.25, 0.3) is 0 Å². The number of carbonyl (C=O) groups excluding carboxylic acids is 1. The molecule has 0 spiro atoms. The number of aryl methyl sites for hydroxylation is 3. The zero-order valence-electron chi connectivity index (χ0n) is 14.0. The Labute approximate surface area is 128 Å². The van der Waals surface area contributed by atoms with Crippen LogP contribution in [0, 0.1) is 20.8 Å². The van der Waals surface area contributed by atoms with Gasteiger partial charge in [0, 0.05) is 32.1 Å². The first kappa shape index (κ1) is 16.0. The molecule has 1 aromatic rings. The van der Waals surface area contributed by atoms with Crippen molar-refractivity contribution >= 4 is 5.91 Å². The van der Waals surface area contributed by atoms with Crippen molar-refractivity contribution in [3.05, 3.63) is 34.4 Å². The molecule has 1 aromatic carbocycles. The molecule has 1 fully saturated rings. The smallest absolute Gasteiger partial charge is 0.219 e. The van der Waals surface area contributed by atoms with E-state index in [-0.39, 0.29) is 5.91 Å². The van der Waals surface area contributed by atoms with Crippen LogP contribution in [0.1, 0.15) is 55.0 Å². The van der Waals surface area contributed by atoms with Gasteiger partial charge in [0.1, 0.15) is 0 Å². The van der Waals surface area contributed by atoms with Gasteiger partial charge in [-0.2, -0.15) is 0 Å². The highest BCUT2D eigenvalue weighted by Gasteiger charge is 2.23. The van der Waals surface area contributed by atoms with Crippen molar-refractivity contribution in [2.24, 2.45) is 0 Å². The molecular formula is C18H28N2O. The number of nitrogens with one attached hydrogen (secondary N) is 1. The molecule has 3 nitrogen and oxygen atoms in total. The molecule has 1 heterocycles. The molecule has 1 unspecified atom stereocenters. The van der Waals surface area contributed by atoms with E-state index in [1.165, 1.54) is 22.3 Å². The highest BCUT2D eigenvalue weighted by atomic mass is 16.2. The molecule has 1 amide bonds. The first-order valence-electron chi connectivity index (χ1n) is 7.97. The van der Waals surface area contributed by atoms with Gasteiger partial charge in [-0.25, -0.2) is 0 Å². The average Bonchev–Trinajstić information content (AvgIpc) is 2.37. The van der Waals surface area contributed by atoms with E-state index < -0.39 is 0 Å². The standard InChI is InChI=1S/C18H28N2O/c1-12-10-13(2)18(14(3)11-12)15(4)19-17-6-8-20(9-7-17)16(5)21/h10-11,15,17,19H,6-9H2,1-5H3. The lowest BCUT2D eigenvalue weighted by Gasteiger charge is -2.34. The Morgan fingerprint density at radius 1 is 1.19 bits per heavy atom. The molecule has 0 radical (unpaired) electrons. The maximum Gasteiger partial charge on any atom is 0.219 e. The van der Waals surface area contributed by atoms with Gasteiger partial charge in [-0.3, -0.25) is 4.79 Å². The third-order valence-corrected chi connectivity index (χ3v) is 4.60. The van der Waals surface area contributed by atoms with E-state index in [0.717, 1.165) is 25.9 Å². The van der Waals surface area contributed by atoms with Crippen LogP contribution in [-0.2, 0) is 4.79 Å². The summed E-state index contributed by atoms with van der Waals surface area (Å²) in [4.78, 5) is 13.3. The fourth-order valence-electron chi connectivity index (χ4n) is 3.67. The van der Waals surface area contributed by atoms with E-state index in [2.05, 4.69) is 45.1 Å². The molecule has 21 heavy (non-hydrogen) atoms. The summed E-state index contributed by atoms with van der Waals surface area (Å²) in [6.07, 6.45) is 2.10. The Morgan fingerprint density at radius 2 is 1.71 bits per heavy atom. The van der Waals surface area contributed by atoms with Gasteiger partial charge in [-0.15, -0.1) is 0 Å². The molecule has 1 aliphatic rings. The number of carbonyl (C=O) groups is 1. The van der Waals surface area contributed by atoms with E-state index >= 15 is 0 Å². The molecule has 0 aliphatic carbocycles. The van der Waals surface area contributed by atoms with Crippen molar-refractivity contribution in [3.63, 3.8) is 0 Å². The Hall–Kier alpha value is -1.35. The molecular weight excluding hydrogens is 260 g/mol. The predicted molar refractivity (Wildman–Crippen MR) is 87.5 cm³/mol. The minimum absolute atomic E-state index is 0.201. The van der Waals surface area contributed by atoms with Gasteiger partial charge in [-0.05, 0) is 57.2 Å². The second-order valence-corrected chi connectivity index (χ2v) is 6.48. The third-order valence-electron chi connectivity index (χ3n) is 4.60. The summed E-state index contributed by atoms with van der Waals surface area (Å²) in [5.74, 6) is 0.201. The largest absolute Gasteiger partial charge is 0.343 e. The molecule has 1 saturated heterocycles. The number of benzene rings is 1. The fraction of sp³-hybridized carbons (Fsp3) is 0.611. The normalized spacial score (nSPS) is 17.9. The van der Waals surface area contributed by atoms with Crippen LogP contribution in [0.5, 0.6) is 0 Å². The molecule has 116 valence electrons. The second-order valence-electron chi connectivity index (χ2n) is 6.48. The van der Waals surface area contributed by atoms with Crippen molar-refractivity contribution in [2.75, 3.05) is 13.1 Å². The van der Waals surface area contributed by atoms with E-state index in [4.69, 9.17) is 0 Å². The maximum absolute atomic E-state index is 11.4. The van der Waals surface area contributed by atoms with Crippen molar-refractivity contribution in [2.45, 2.75) is 59.5 Å². The van der Waals surface area contributed by atoms with Crippen LogP contribution in [0.15, 0.2) is 12.1 Å². The topological polar surface area (TPSA) is 32.3 Å². The van der Waals surface area contributed by atoms with Crippen LogP contribution >= 0.6 is 0 Å². The minimum atomic E-state index is 0.201. The summed E-state index contributed by atoms with van der Waals surface area (Å²) in [7, 11) is 0. The lowest BCUT2D eigenvalue weighted by Crippen LogP contribution is -2.44. The van der Waals surface area contributed by atoms with Crippen molar-refractivity contribution in [1.29, 1.82) is 0 Å². The average molecular weight is 288 g/mol. The number of nitrogens with zero attached hydrogens (tertiary/aromatic N) is 1. The Bertz CT molecular complexity index is 493. The summed E-state index contributed by atoms with van der Waals surface area (Å²) >= 11 is 0. The zero-order chi connectivity index (χ0) is 15.6. The quantitative estimate of drug-likeness (QED) is 0.926. The number of hydrogen-bond acceptors (Lipinski definition) is 2. The van der Waals surface area contributed by atoms with E-state index in [1.54, 1.807) is 6.92 Å². The van der Waals surface area contributed by atoms with Gasteiger partial charge in [0.05, 0.1) is 0 Å². The molecule has 1 aliphatic heterocycles. The van der Waals surface area contributed by atoms with Gasteiger partial charge >= 0.3 is 0 Å². The number of amides is 1. The highest BCUT2D eigenvalue weighted by molar-refractivity contribution is 5.73. The number of likely N-dealkylation sites (tertiary alicyclic amines) is 1. The first-order valence-corrected chi connectivity index (χ1v) is 7.97. The zero-order valence-corrected chi connectivity index (χ0v) is 14.0. The summed E-state index contributed by atoms with van der Waals surface area (Å²) in [5.41, 5.74) is 5.49. The van der Waals surface area contributed by atoms with Gasteiger partial charge in [-0.1, -0.05) is 17.7 Å². The highest BCUT2D eigenvalue weighted by Crippen LogP contribution is 2.25. The summed E-state index contributed by atoms with van der Waals surface area (Å²) in [5, 5.41) is 3.76. The summed E-state index contributed by atoms with van der Waals surface area (Å²) in [6.45, 7) is 12.2. The van der Waals surface area contributed by atoms with E-state index in [9.17, 15) is 4.79 Å². The van der Waals surface area contributed by atoms with Gasteiger partial charge in [0.15, 0.2) is 0 Å². The van der Waals surface area contributed by atoms with Gasteiger partial charge in [0.2, 0.25) is 5.91 Å². The van der Waals surface area contributed by atoms with E-state index in [1.807, 2.05) is 4.90 Å². The number of rotatable bonds is 3. The molecule has 3 heteroatoms. The monoisotopic (exact) mass is 288 g/mol. The molecule has 0 saturated carbocycles. The van der Waals surface area contributed by atoms with Crippen LogP contribution in [0.25, 0.3) is 0 Å². The molecule has 0 aromatic heterocycles. The molecule has 0 bridgehead atoms. The third kappa shape index (κ3) is 3.85. The van der Waals surface area contributed by atoms with Crippen LogP contribution in [0.2, 0.25) is 0 Å². The van der Waals surface area contributed by atoms with Crippen LogP contribution in [0.4, 0.5) is 0 Å². The Kier molecular flexibility index (Phi) is 5.04. The van der Waals surface area contributed by atoms with Crippen LogP contribution in [-0.4, -0.2) is 29.9 Å². The van der Waals surface area contributed by atoms with Crippen LogP contribution in [0.3, 0.4) is 0 Å².